The van der Waals surface area contributed by atoms with E-state index in [1.807, 2.05) is 0 Å². The highest BCUT2D eigenvalue weighted by atomic mass is 16.4. The fraction of sp³-hybridized carbons (Fsp3) is 0.692. The number of carboxylic acid groups (broad SMARTS) is 1. The number of hydrogen-bond acceptors (Lipinski definition) is 2. The Morgan fingerprint density at radius 1 is 1.22 bits per heavy atom. The summed E-state index contributed by atoms with van der Waals surface area (Å²) < 4.78 is 0. The molecule has 0 radical (unpaired) electrons. The van der Waals surface area contributed by atoms with E-state index in [0.717, 1.165) is 19.3 Å². The lowest BCUT2D eigenvalue weighted by Crippen LogP contribution is -2.47. The van der Waals surface area contributed by atoms with Crippen LogP contribution < -0.4 is 10.6 Å². The molecule has 0 aromatic carbocycles. The van der Waals surface area contributed by atoms with Crippen molar-refractivity contribution >= 4 is 12.0 Å². The molecule has 1 aliphatic rings. The second-order valence-electron chi connectivity index (χ2n) is 4.83. The van der Waals surface area contributed by atoms with Crippen molar-refractivity contribution in [1.82, 2.24) is 10.6 Å². The Morgan fingerprint density at radius 2 is 1.89 bits per heavy atom. The van der Waals surface area contributed by atoms with E-state index in [1.165, 1.54) is 0 Å². The van der Waals surface area contributed by atoms with Crippen LogP contribution in [0.2, 0.25) is 0 Å². The summed E-state index contributed by atoms with van der Waals surface area (Å²) in [5.41, 5.74) is -0.770. The van der Waals surface area contributed by atoms with Gasteiger partial charge in [0.2, 0.25) is 0 Å². The summed E-state index contributed by atoms with van der Waals surface area (Å²) in [6.45, 7) is 4.30. The number of amides is 2. The van der Waals surface area contributed by atoms with Gasteiger partial charge < -0.3 is 15.7 Å². The predicted octanol–water partition coefficient (Wildman–Crippen LogP) is 1.90. The van der Waals surface area contributed by atoms with Crippen molar-refractivity contribution in [2.24, 2.45) is 5.41 Å². The zero-order valence-corrected chi connectivity index (χ0v) is 10.7. The first-order valence-electron chi connectivity index (χ1n) is 6.47. The van der Waals surface area contributed by atoms with Crippen molar-refractivity contribution in [2.45, 2.75) is 38.5 Å². The van der Waals surface area contributed by atoms with Crippen LogP contribution in [0, 0.1) is 5.41 Å². The summed E-state index contributed by atoms with van der Waals surface area (Å²) in [7, 11) is 0. The molecule has 0 heterocycles. The summed E-state index contributed by atoms with van der Waals surface area (Å²) in [6, 6.07) is -0.303. The standard InChI is InChI=1S/C13H22N2O3/c1-2-3-9-14-12(18)15-10-13(11(16)17)7-5-4-6-8-13/h2H,1,3-10H2,(H,16,17)(H2,14,15,18). The molecule has 102 valence electrons. The molecule has 1 rings (SSSR count). The number of carbonyl (C=O) groups excluding carboxylic acids is 1. The molecule has 5 heteroatoms. The molecule has 18 heavy (non-hydrogen) atoms. The predicted molar refractivity (Wildman–Crippen MR) is 69.4 cm³/mol. The molecule has 0 bridgehead atoms. The Kier molecular flexibility index (Phi) is 5.68. The third-order valence-corrected chi connectivity index (χ3v) is 3.49. The van der Waals surface area contributed by atoms with Gasteiger partial charge in [-0.05, 0) is 19.3 Å². The van der Waals surface area contributed by atoms with Crippen molar-refractivity contribution < 1.29 is 14.7 Å². The fourth-order valence-electron chi connectivity index (χ4n) is 2.29. The van der Waals surface area contributed by atoms with E-state index in [9.17, 15) is 14.7 Å². The third-order valence-electron chi connectivity index (χ3n) is 3.49. The van der Waals surface area contributed by atoms with Crippen LogP contribution in [0.5, 0.6) is 0 Å². The number of aliphatic carboxylic acids is 1. The molecule has 1 saturated carbocycles. The Balaban J connectivity index is 2.40. The molecular weight excluding hydrogens is 232 g/mol. The molecule has 0 spiro atoms. The van der Waals surface area contributed by atoms with Crippen molar-refractivity contribution in [1.29, 1.82) is 0 Å². The molecule has 3 N–H and O–H groups in total. The Morgan fingerprint density at radius 3 is 2.44 bits per heavy atom. The van der Waals surface area contributed by atoms with Crippen molar-refractivity contribution in [3.05, 3.63) is 12.7 Å². The number of rotatable bonds is 6. The number of carbonyl (C=O) groups is 2. The quantitative estimate of drug-likeness (QED) is 0.500. The number of carboxylic acids is 1. The number of hydrogen-bond donors (Lipinski definition) is 3. The summed E-state index contributed by atoms with van der Waals surface area (Å²) in [4.78, 5) is 22.8. The molecule has 0 saturated heterocycles. The highest BCUT2D eigenvalue weighted by Gasteiger charge is 2.39. The molecule has 0 unspecified atom stereocenters. The van der Waals surface area contributed by atoms with E-state index >= 15 is 0 Å². The Bertz CT molecular complexity index is 309. The van der Waals surface area contributed by atoms with Gasteiger partial charge in [-0.3, -0.25) is 4.79 Å². The first-order valence-corrected chi connectivity index (χ1v) is 6.47. The topological polar surface area (TPSA) is 78.4 Å². The summed E-state index contributed by atoms with van der Waals surface area (Å²) in [6.07, 6.45) is 6.65. The van der Waals surface area contributed by atoms with Gasteiger partial charge in [-0.2, -0.15) is 0 Å². The largest absolute Gasteiger partial charge is 0.481 e. The zero-order chi connectivity index (χ0) is 13.4. The van der Waals surface area contributed by atoms with Gasteiger partial charge in [-0.15, -0.1) is 6.58 Å². The minimum Gasteiger partial charge on any atom is -0.481 e. The van der Waals surface area contributed by atoms with Crippen LogP contribution in [0.25, 0.3) is 0 Å². The van der Waals surface area contributed by atoms with Gasteiger partial charge in [0.05, 0.1) is 5.41 Å². The number of nitrogens with one attached hydrogen (secondary N) is 2. The van der Waals surface area contributed by atoms with Gasteiger partial charge in [-0.1, -0.05) is 25.3 Å². The van der Waals surface area contributed by atoms with Crippen LogP contribution in [-0.2, 0) is 4.79 Å². The normalized spacial score (nSPS) is 17.8. The lowest BCUT2D eigenvalue weighted by molar-refractivity contribution is -0.150. The first kappa shape index (κ1) is 14.5. The van der Waals surface area contributed by atoms with E-state index in [2.05, 4.69) is 17.2 Å². The second-order valence-corrected chi connectivity index (χ2v) is 4.83. The van der Waals surface area contributed by atoms with Crippen molar-refractivity contribution in [2.75, 3.05) is 13.1 Å². The molecule has 2 amide bonds. The highest BCUT2D eigenvalue weighted by molar-refractivity contribution is 5.78. The van der Waals surface area contributed by atoms with Crippen molar-refractivity contribution in [3.63, 3.8) is 0 Å². The third kappa shape index (κ3) is 4.05. The summed E-state index contributed by atoms with van der Waals surface area (Å²) in [5, 5.41) is 14.7. The van der Waals surface area contributed by atoms with Crippen LogP contribution >= 0.6 is 0 Å². The first-order chi connectivity index (χ1) is 8.60. The molecular formula is C13H22N2O3. The van der Waals surface area contributed by atoms with Crippen LogP contribution in [-0.4, -0.2) is 30.2 Å². The van der Waals surface area contributed by atoms with Crippen LogP contribution in [0.3, 0.4) is 0 Å². The molecule has 0 aromatic rings. The lowest BCUT2D eigenvalue weighted by atomic mass is 9.74. The molecule has 0 atom stereocenters. The average Bonchev–Trinajstić information content (AvgIpc) is 2.37. The molecule has 0 aromatic heterocycles. The molecule has 1 aliphatic carbocycles. The number of urea groups is 1. The van der Waals surface area contributed by atoms with Gasteiger partial charge in [0.1, 0.15) is 0 Å². The van der Waals surface area contributed by atoms with Crippen LogP contribution in [0.4, 0.5) is 4.79 Å². The Labute approximate surface area is 108 Å². The fourth-order valence-corrected chi connectivity index (χ4v) is 2.29. The molecule has 0 aliphatic heterocycles. The van der Waals surface area contributed by atoms with E-state index in [0.29, 0.717) is 25.8 Å². The maximum Gasteiger partial charge on any atom is 0.314 e. The SMILES string of the molecule is C=CCCNC(=O)NCC1(C(=O)O)CCCCC1. The highest BCUT2D eigenvalue weighted by Crippen LogP contribution is 2.35. The van der Waals surface area contributed by atoms with E-state index < -0.39 is 11.4 Å². The van der Waals surface area contributed by atoms with E-state index in [4.69, 9.17) is 0 Å². The zero-order valence-electron chi connectivity index (χ0n) is 10.7. The van der Waals surface area contributed by atoms with Gasteiger partial charge in [0.25, 0.3) is 0 Å². The van der Waals surface area contributed by atoms with Gasteiger partial charge >= 0.3 is 12.0 Å². The van der Waals surface area contributed by atoms with Crippen LogP contribution in [0.1, 0.15) is 38.5 Å². The second kappa shape index (κ2) is 7.03. The van der Waals surface area contributed by atoms with Gasteiger partial charge in [0.15, 0.2) is 0 Å². The van der Waals surface area contributed by atoms with Crippen LogP contribution in [0.15, 0.2) is 12.7 Å². The summed E-state index contributed by atoms with van der Waals surface area (Å²) in [5.74, 6) is -0.798. The Hall–Kier alpha value is -1.52. The average molecular weight is 254 g/mol. The molecule has 5 nitrogen and oxygen atoms in total. The minimum atomic E-state index is -0.798. The molecule has 1 fully saturated rings. The van der Waals surface area contributed by atoms with Crippen molar-refractivity contribution in [3.8, 4) is 0 Å². The van der Waals surface area contributed by atoms with E-state index in [1.54, 1.807) is 6.08 Å². The maximum absolute atomic E-state index is 11.5. The minimum absolute atomic E-state index is 0.211. The van der Waals surface area contributed by atoms with Gasteiger partial charge in [-0.25, -0.2) is 4.79 Å². The summed E-state index contributed by atoms with van der Waals surface area (Å²) >= 11 is 0. The van der Waals surface area contributed by atoms with Gasteiger partial charge in [0, 0.05) is 13.1 Å². The monoisotopic (exact) mass is 254 g/mol. The maximum atomic E-state index is 11.5. The smallest absolute Gasteiger partial charge is 0.314 e. The van der Waals surface area contributed by atoms with E-state index in [-0.39, 0.29) is 12.6 Å². The lowest BCUT2D eigenvalue weighted by Gasteiger charge is -2.33.